The number of hydrogen-bond acceptors (Lipinski definition) is 3. The third kappa shape index (κ3) is 5.19. The minimum absolute atomic E-state index is 0. The Balaban J connectivity index is 0.00000264. The predicted octanol–water partition coefficient (Wildman–Crippen LogP) is 3.20. The van der Waals surface area contributed by atoms with Gasteiger partial charge in [0.2, 0.25) is 10.0 Å². The average molecular weight is 360 g/mol. The summed E-state index contributed by atoms with van der Waals surface area (Å²) in [6, 6.07) is 5.35. The zero-order valence-electron chi connectivity index (χ0n) is 14.0. The van der Waals surface area contributed by atoms with Crippen molar-refractivity contribution in [3.8, 4) is 0 Å². The first-order chi connectivity index (χ1) is 10.4. The molecule has 0 aliphatic carbocycles. The highest BCUT2D eigenvalue weighted by atomic mass is 35.5. The van der Waals surface area contributed by atoms with Gasteiger partial charge in [-0.05, 0) is 37.5 Å². The summed E-state index contributed by atoms with van der Waals surface area (Å²) in [4.78, 5) is 6.50. The average Bonchev–Trinajstić information content (AvgIpc) is 2.75. The lowest BCUT2D eigenvalue weighted by Gasteiger charge is -2.21. The zero-order chi connectivity index (χ0) is 16.2. The first kappa shape index (κ1) is 19.9. The van der Waals surface area contributed by atoms with Crippen LogP contribution in [0.15, 0.2) is 28.1 Å². The van der Waals surface area contributed by atoms with Gasteiger partial charge in [0, 0.05) is 27.2 Å². The largest absolute Gasteiger partial charge is 0.369 e. The van der Waals surface area contributed by atoms with Crippen LogP contribution in [0.3, 0.4) is 0 Å². The predicted molar refractivity (Wildman–Crippen MR) is 97.5 cm³/mol. The third-order valence-corrected chi connectivity index (χ3v) is 5.83. The number of benzene rings is 1. The summed E-state index contributed by atoms with van der Waals surface area (Å²) in [5.74, 6) is 0. The maximum Gasteiger partial charge on any atom is 0.243 e. The van der Waals surface area contributed by atoms with E-state index < -0.39 is 10.0 Å². The maximum absolute atomic E-state index is 12.9. The summed E-state index contributed by atoms with van der Waals surface area (Å²) in [6.45, 7) is 3.07. The molecule has 130 valence electrons. The Labute approximate surface area is 145 Å². The molecule has 2 rings (SSSR count). The molecule has 0 saturated carbocycles. The SMILES string of the molecule is Cc1ccc(N=CN(C)C)cc1S(=O)(=O)N1CCCCCC1.Cl. The molecule has 0 spiro atoms. The molecule has 23 heavy (non-hydrogen) atoms. The molecule has 0 amide bonds. The Morgan fingerprint density at radius 3 is 2.30 bits per heavy atom. The fourth-order valence-corrected chi connectivity index (χ4v) is 4.31. The highest BCUT2D eigenvalue weighted by Crippen LogP contribution is 2.26. The van der Waals surface area contributed by atoms with Crippen molar-refractivity contribution in [3.05, 3.63) is 23.8 Å². The van der Waals surface area contributed by atoms with E-state index in [9.17, 15) is 8.42 Å². The van der Waals surface area contributed by atoms with E-state index in [4.69, 9.17) is 0 Å². The van der Waals surface area contributed by atoms with E-state index >= 15 is 0 Å². The van der Waals surface area contributed by atoms with Crippen molar-refractivity contribution in [1.29, 1.82) is 0 Å². The van der Waals surface area contributed by atoms with Gasteiger partial charge in [-0.15, -0.1) is 12.4 Å². The molecule has 0 bridgehead atoms. The van der Waals surface area contributed by atoms with Gasteiger partial charge in [0.15, 0.2) is 0 Å². The highest BCUT2D eigenvalue weighted by molar-refractivity contribution is 7.89. The monoisotopic (exact) mass is 359 g/mol. The summed E-state index contributed by atoms with van der Waals surface area (Å²) >= 11 is 0. The van der Waals surface area contributed by atoms with Crippen LogP contribution in [0.4, 0.5) is 5.69 Å². The summed E-state index contributed by atoms with van der Waals surface area (Å²) < 4.78 is 27.5. The van der Waals surface area contributed by atoms with E-state index in [1.165, 1.54) is 0 Å². The van der Waals surface area contributed by atoms with Crippen molar-refractivity contribution in [2.24, 2.45) is 4.99 Å². The van der Waals surface area contributed by atoms with Crippen LogP contribution < -0.4 is 0 Å². The number of rotatable bonds is 4. The van der Waals surface area contributed by atoms with Crippen LogP contribution in [-0.2, 0) is 10.0 Å². The molecule has 1 aliphatic heterocycles. The molecule has 1 aliphatic rings. The third-order valence-electron chi connectivity index (χ3n) is 3.79. The quantitative estimate of drug-likeness (QED) is 0.612. The van der Waals surface area contributed by atoms with Gasteiger partial charge in [-0.1, -0.05) is 18.9 Å². The molecule has 7 heteroatoms. The number of sulfonamides is 1. The van der Waals surface area contributed by atoms with Crippen LogP contribution in [0, 0.1) is 6.92 Å². The molecule has 1 saturated heterocycles. The fourth-order valence-electron chi connectivity index (χ4n) is 2.55. The van der Waals surface area contributed by atoms with Crippen LogP contribution in [0.1, 0.15) is 31.2 Å². The lowest BCUT2D eigenvalue weighted by Crippen LogP contribution is -2.32. The van der Waals surface area contributed by atoms with Crippen LogP contribution in [0.25, 0.3) is 0 Å². The summed E-state index contributed by atoms with van der Waals surface area (Å²) in [5.41, 5.74) is 1.43. The van der Waals surface area contributed by atoms with Crippen LogP contribution >= 0.6 is 12.4 Å². The van der Waals surface area contributed by atoms with Crippen molar-refractivity contribution in [2.75, 3.05) is 27.2 Å². The summed E-state index contributed by atoms with van der Waals surface area (Å²) in [5, 5.41) is 0. The highest BCUT2D eigenvalue weighted by Gasteiger charge is 2.26. The van der Waals surface area contributed by atoms with Gasteiger partial charge in [-0.2, -0.15) is 4.31 Å². The number of nitrogens with zero attached hydrogens (tertiary/aromatic N) is 3. The van der Waals surface area contributed by atoms with Gasteiger partial charge in [0.05, 0.1) is 16.9 Å². The van der Waals surface area contributed by atoms with Crippen molar-refractivity contribution in [3.63, 3.8) is 0 Å². The Bertz CT molecular complexity index is 637. The van der Waals surface area contributed by atoms with E-state index in [0.29, 0.717) is 23.7 Å². The fraction of sp³-hybridized carbons (Fsp3) is 0.562. The molecule has 0 atom stereocenters. The van der Waals surface area contributed by atoms with Crippen LogP contribution in [0.2, 0.25) is 0 Å². The molecule has 0 radical (unpaired) electrons. The van der Waals surface area contributed by atoms with E-state index in [1.807, 2.05) is 38.1 Å². The smallest absolute Gasteiger partial charge is 0.243 e. The van der Waals surface area contributed by atoms with Crippen molar-refractivity contribution < 1.29 is 8.42 Å². The first-order valence-corrected chi connectivity index (χ1v) is 9.17. The molecule has 1 aromatic rings. The maximum atomic E-state index is 12.9. The second-order valence-corrected chi connectivity index (χ2v) is 7.88. The first-order valence-electron chi connectivity index (χ1n) is 7.72. The molecule has 1 fully saturated rings. The molecule has 0 unspecified atom stereocenters. The minimum Gasteiger partial charge on any atom is -0.369 e. The Hall–Kier alpha value is -1.11. The van der Waals surface area contributed by atoms with Gasteiger partial charge in [-0.3, -0.25) is 0 Å². The van der Waals surface area contributed by atoms with Crippen molar-refractivity contribution >= 4 is 34.5 Å². The molecule has 1 aromatic carbocycles. The van der Waals surface area contributed by atoms with Gasteiger partial charge < -0.3 is 4.90 Å². The second kappa shape index (κ2) is 8.66. The number of halogens is 1. The number of aliphatic imine (C=N–C) groups is 1. The van der Waals surface area contributed by atoms with Crippen molar-refractivity contribution in [2.45, 2.75) is 37.5 Å². The van der Waals surface area contributed by atoms with E-state index in [1.54, 1.807) is 16.7 Å². The standard InChI is InChI=1S/C16H25N3O2S.ClH/c1-14-8-9-15(17-13-18(2)3)12-16(14)22(20,21)19-10-6-4-5-7-11-19;/h8-9,12-13H,4-7,10-11H2,1-3H3;1H. The van der Waals surface area contributed by atoms with Gasteiger partial charge in [-0.25, -0.2) is 13.4 Å². The second-order valence-electron chi connectivity index (χ2n) is 5.98. The molecule has 0 N–H and O–H groups in total. The molecular weight excluding hydrogens is 334 g/mol. The van der Waals surface area contributed by atoms with Gasteiger partial charge in [0.25, 0.3) is 0 Å². The molecular formula is C16H26ClN3O2S. The van der Waals surface area contributed by atoms with Crippen LogP contribution in [0.5, 0.6) is 0 Å². The van der Waals surface area contributed by atoms with Gasteiger partial charge >= 0.3 is 0 Å². The van der Waals surface area contributed by atoms with E-state index in [0.717, 1.165) is 31.2 Å². The summed E-state index contributed by atoms with van der Waals surface area (Å²) in [6.07, 6.45) is 5.77. The Morgan fingerprint density at radius 1 is 1.13 bits per heavy atom. The molecule has 0 aromatic heterocycles. The molecule has 1 heterocycles. The topological polar surface area (TPSA) is 53.0 Å². The van der Waals surface area contributed by atoms with Gasteiger partial charge in [0.1, 0.15) is 0 Å². The number of aryl methyl sites for hydroxylation is 1. The van der Waals surface area contributed by atoms with E-state index in [-0.39, 0.29) is 12.4 Å². The van der Waals surface area contributed by atoms with E-state index in [2.05, 4.69) is 4.99 Å². The normalized spacial score (nSPS) is 16.8. The Kier molecular flexibility index (Phi) is 7.51. The minimum atomic E-state index is -3.43. The number of hydrogen-bond donors (Lipinski definition) is 0. The summed E-state index contributed by atoms with van der Waals surface area (Å²) in [7, 11) is 0.332. The molecule has 5 nitrogen and oxygen atoms in total. The van der Waals surface area contributed by atoms with Crippen LogP contribution in [-0.4, -0.2) is 51.1 Å². The Morgan fingerprint density at radius 2 is 1.74 bits per heavy atom. The lowest BCUT2D eigenvalue weighted by atomic mass is 10.2. The lowest BCUT2D eigenvalue weighted by molar-refractivity contribution is 0.423. The van der Waals surface area contributed by atoms with Crippen molar-refractivity contribution in [1.82, 2.24) is 9.21 Å². The zero-order valence-corrected chi connectivity index (χ0v) is 15.7.